The molecule has 1 aromatic rings. The fourth-order valence-electron chi connectivity index (χ4n) is 1.76. The molecule has 0 saturated heterocycles. The Hall–Kier alpha value is -0.890. The average molecular weight is 243 g/mol. The normalized spacial score (nSPS) is 10.8. The van der Waals surface area contributed by atoms with Gasteiger partial charge in [0.05, 0.1) is 5.02 Å². The molecule has 88 valence electrons. The van der Waals surface area contributed by atoms with Crippen molar-refractivity contribution in [3.05, 3.63) is 34.6 Å². The van der Waals surface area contributed by atoms with Gasteiger partial charge in [0.1, 0.15) is 11.6 Å². The van der Waals surface area contributed by atoms with E-state index in [0.29, 0.717) is 5.56 Å². The van der Waals surface area contributed by atoms with Gasteiger partial charge in [-0.15, -0.1) is 0 Å². The molecule has 16 heavy (non-hydrogen) atoms. The summed E-state index contributed by atoms with van der Waals surface area (Å²) in [4.78, 5) is 11.8. The second-order valence-electron chi connectivity index (χ2n) is 3.87. The number of hydrogen-bond acceptors (Lipinski definition) is 1. The summed E-state index contributed by atoms with van der Waals surface area (Å²) in [5.41, 5.74) is 0.393. The van der Waals surface area contributed by atoms with Gasteiger partial charge in [-0.25, -0.2) is 4.39 Å². The highest BCUT2D eigenvalue weighted by Crippen LogP contribution is 2.20. The minimum atomic E-state index is -0.469. The van der Waals surface area contributed by atoms with E-state index in [4.69, 9.17) is 11.6 Å². The van der Waals surface area contributed by atoms with Crippen molar-refractivity contribution in [3.63, 3.8) is 0 Å². The van der Waals surface area contributed by atoms with Crippen molar-refractivity contribution in [3.8, 4) is 0 Å². The van der Waals surface area contributed by atoms with E-state index in [-0.39, 0.29) is 23.1 Å². The lowest BCUT2D eigenvalue weighted by Crippen LogP contribution is -2.16. The Balaban J connectivity index is 2.80. The largest absolute Gasteiger partial charge is 0.299 e. The zero-order valence-corrected chi connectivity index (χ0v) is 10.4. The molecular formula is C13H16ClFO. The monoisotopic (exact) mass is 242 g/mol. The standard InChI is InChI=1S/C13H16ClFO/c1-3-9(4-2)12(16)8-10-6-5-7-11(14)13(10)15/h5-7,9H,3-4,8H2,1-2H3. The zero-order chi connectivity index (χ0) is 12.1. The number of benzene rings is 1. The van der Waals surface area contributed by atoms with Crippen LogP contribution in [0.1, 0.15) is 32.3 Å². The van der Waals surface area contributed by atoms with Crippen LogP contribution < -0.4 is 0 Å². The first kappa shape index (κ1) is 13.2. The predicted octanol–water partition coefficient (Wildman–Crippen LogP) is 4.03. The number of ketones is 1. The van der Waals surface area contributed by atoms with E-state index in [2.05, 4.69) is 0 Å². The third-order valence-electron chi connectivity index (χ3n) is 2.84. The van der Waals surface area contributed by atoms with E-state index in [1.54, 1.807) is 12.1 Å². The number of Topliss-reactive ketones (excluding diaryl/α,β-unsaturated/α-hetero) is 1. The minimum Gasteiger partial charge on any atom is -0.299 e. The molecule has 0 atom stereocenters. The molecule has 0 fully saturated rings. The lowest BCUT2D eigenvalue weighted by atomic mass is 9.93. The molecule has 1 nitrogen and oxygen atoms in total. The number of hydrogen-bond donors (Lipinski definition) is 0. The Kier molecular flexibility index (Phi) is 4.94. The van der Waals surface area contributed by atoms with Crippen molar-refractivity contribution in [2.45, 2.75) is 33.1 Å². The van der Waals surface area contributed by atoms with Gasteiger partial charge < -0.3 is 0 Å². The summed E-state index contributed by atoms with van der Waals surface area (Å²) in [5, 5.41) is 0.0786. The van der Waals surface area contributed by atoms with Gasteiger partial charge in [-0.2, -0.15) is 0 Å². The van der Waals surface area contributed by atoms with Crippen LogP contribution >= 0.6 is 11.6 Å². The molecule has 0 heterocycles. The molecule has 1 rings (SSSR count). The van der Waals surface area contributed by atoms with Crippen LogP contribution in [-0.2, 0) is 11.2 Å². The lowest BCUT2D eigenvalue weighted by molar-refractivity contribution is -0.122. The van der Waals surface area contributed by atoms with Crippen molar-refractivity contribution in [1.29, 1.82) is 0 Å². The maximum Gasteiger partial charge on any atom is 0.145 e. The predicted molar refractivity (Wildman–Crippen MR) is 64.2 cm³/mol. The molecule has 0 radical (unpaired) electrons. The van der Waals surface area contributed by atoms with Gasteiger partial charge >= 0.3 is 0 Å². The number of carbonyl (C=O) groups is 1. The van der Waals surface area contributed by atoms with Crippen LogP contribution in [0.4, 0.5) is 4.39 Å². The third kappa shape index (κ3) is 3.05. The van der Waals surface area contributed by atoms with Crippen LogP contribution in [0.2, 0.25) is 5.02 Å². The molecule has 0 amide bonds. The summed E-state index contributed by atoms with van der Waals surface area (Å²) in [6.45, 7) is 3.95. The second-order valence-corrected chi connectivity index (χ2v) is 4.28. The number of halogens is 2. The van der Waals surface area contributed by atoms with Crippen LogP contribution in [0.15, 0.2) is 18.2 Å². The molecule has 0 N–H and O–H groups in total. The molecule has 1 aromatic carbocycles. The Bertz CT molecular complexity index is 372. The molecule has 3 heteroatoms. The lowest BCUT2D eigenvalue weighted by Gasteiger charge is -2.11. The first-order chi connectivity index (χ1) is 7.60. The smallest absolute Gasteiger partial charge is 0.145 e. The molecule has 0 aliphatic carbocycles. The van der Waals surface area contributed by atoms with Gasteiger partial charge in [0.25, 0.3) is 0 Å². The van der Waals surface area contributed by atoms with Crippen molar-refractivity contribution >= 4 is 17.4 Å². The molecule has 0 aromatic heterocycles. The molecule has 0 unspecified atom stereocenters. The first-order valence-electron chi connectivity index (χ1n) is 5.55. The van der Waals surface area contributed by atoms with Gasteiger partial charge in [-0.3, -0.25) is 4.79 Å². The minimum absolute atomic E-state index is 0.0263. The highest BCUT2D eigenvalue weighted by Gasteiger charge is 2.17. The molecule has 0 saturated carbocycles. The topological polar surface area (TPSA) is 17.1 Å². The maximum absolute atomic E-state index is 13.5. The zero-order valence-electron chi connectivity index (χ0n) is 9.59. The molecule has 0 spiro atoms. The number of carbonyl (C=O) groups excluding carboxylic acids is 1. The molecule has 0 aliphatic heterocycles. The van der Waals surface area contributed by atoms with Crippen LogP contribution in [0.25, 0.3) is 0 Å². The van der Waals surface area contributed by atoms with Gasteiger partial charge in [0.2, 0.25) is 0 Å². The van der Waals surface area contributed by atoms with E-state index in [1.807, 2.05) is 13.8 Å². The van der Waals surface area contributed by atoms with Crippen molar-refractivity contribution in [2.24, 2.45) is 5.92 Å². The molecule has 0 bridgehead atoms. The summed E-state index contributed by atoms with van der Waals surface area (Å²) in [7, 11) is 0. The summed E-state index contributed by atoms with van der Waals surface area (Å²) in [5.74, 6) is -0.354. The van der Waals surface area contributed by atoms with Gasteiger partial charge in [0, 0.05) is 12.3 Å². The van der Waals surface area contributed by atoms with E-state index < -0.39 is 5.82 Å². The Morgan fingerprint density at radius 1 is 1.38 bits per heavy atom. The summed E-state index contributed by atoms with van der Waals surface area (Å²) >= 11 is 5.66. The molecule has 0 aliphatic rings. The molecular weight excluding hydrogens is 227 g/mol. The summed E-state index contributed by atoms with van der Waals surface area (Å²) in [6, 6.07) is 4.77. The Morgan fingerprint density at radius 3 is 2.56 bits per heavy atom. The van der Waals surface area contributed by atoms with E-state index in [9.17, 15) is 9.18 Å². The van der Waals surface area contributed by atoms with Crippen LogP contribution in [0.5, 0.6) is 0 Å². The average Bonchev–Trinajstić information content (AvgIpc) is 2.26. The van der Waals surface area contributed by atoms with Crippen molar-refractivity contribution in [2.75, 3.05) is 0 Å². The Morgan fingerprint density at radius 2 is 2.00 bits per heavy atom. The maximum atomic E-state index is 13.5. The van der Waals surface area contributed by atoms with Gasteiger partial charge in [-0.1, -0.05) is 37.6 Å². The first-order valence-corrected chi connectivity index (χ1v) is 5.93. The van der Waals surface area contributed by atoms with Crippen LogP contribution in [-0.4, -0.2) is 5.78 Å². The third-order valence-corrected chi connectivity index (χ3v) is 3.13. The SMILES string of the molecule is CCC(CC)C(=O)Cc1cccc(Cl)c1F. The quantitative estimate of drug-likeness (QED) is 0.762. The fraction of sp³-hybridized carbons (Fsp3) is 0.462. The second kappa shape index (κ2) is 6.00. The highest BCUT2D eigenvalue weighted by atomic mass is 35.5. The van der Waals surface area contributed by atoms with E-state index in [0.717, 1.165) is 12.8 Å². The van der Waals surface area contributed by atoms with Gasteiger partial charge in [-0.05, 0) is 24.5 Å². The summed E-state index contributed by atoms with van der Waals surface area (Å²) in [6.07, 6.45) is 1.74. The highest BCUT2D eigenvalue weighted by molar-refractivity contribution is 6.30. The Labute approximate surface area is 101 Å². The van der Waals surface area contributed by atoms with Crippen molar-refractivity contribution < 1.29 is 9.18 Å². The fourth-order valence-corrected chi connectivity index (χ4v) is 1.96. The van der Waals surface area contributed by atoms with Gasteiger partial charge in [0.15, 0.2) is 0 Å². The van der Waals surface area contributed by atoms with E-state index >= 15 is 0 Å². The van der Waals surface area contributed by atoms with Crippen LogP contribution in [0.3, 0.4) is 0 Å². The number of rotatable bonds is 5. The summed E-state index contributed by atoms with van der Waals surface area (Å²) < 4.78 is 13.5. The van der Waals surface area contributed by atoms with Crippen LogP contribution in [0, 0.1) is 11.7 Å². The van der Waals surface area contributed by atoms with E-state index in [1.165, 1.54) is 6.07 Å². The van der Waals surface area contributed by atoms with Crippen molar-refractivity contribution in [1.82, 2.24) is 0 Å².